The molecule has 4 unspecified atom stereocenters. The van der Waals surface area contributed by atoms with Gasteiger partial charge in [0.1, 0.15) is 6.10 Å². The second-order valence-electron chi connectivity index (χ2n) is 5.14. The van der Waals surface area contributed by atoms with Crippen LogP contribution in [0.1, 0.15) is 39.0 Å². The molecule has 3 heteroatoms. The summed E-state index contributed by atoms with van der Waals surface area (Å²) < 4.78 is 10.6. The van der Waals surface area contributed by atoms with E-state index in [1.54, 1.807) is 6.08 Å². The summed E-state index contributed by atoms with van der Waals surface area (Å²) in [7, 11) is 0. The molecule has 2 saturated heterocycles. The van der Waals surface area contributed by atoms with Crippen molar-refractivity contribution in [3.8, 4) is 0 Å². The highest BCUT2D eigenvalue weighted by atomic mass is 35.5. The molecule has 0 aromatic heterocycles. The zero-order chi connectivity index (χ0) is 13.7. The molecule has 0 aromatic rings. The SMILES string of the molecule is C1=CCCC2OC2CC1.C=CC(Cl)=CC1OC1CC. The molecule has 0 spiro atoms. The molecule has 1 aliphatic carbocycles. The van der Waals surface area contributed by atoms with Gasteiger partial charge < -0.3 is 9.47 Å². The Morgan fingerprint density at radius 3 is 2.37 bits per heavy atom. The Balaban J connectivity index is 0.000000141. The number of fused-ring (bicyclic) bond motifs is 1. The summed E-state index contributed by atoms with van der Waals surface area (Å²) in [6, 6.07) is 0. The van der Waals surface area contributed by atoms with E-state index in [0.29, 0.717) is 23.3 Å². The molecular formula is C16H23ClO2. The first-order valence-electron chi connectivity index (χ1n) is 7.20. The predicted molar refractivity (Wildman–Crippen MR) is 79.4 cm³/mol. The van der Waals surface area contributed by atoms with Crippen molar-refractivity contribution in [3.05, 3.63) is 35.9 Å². The van der Waals surface area contributed by atoms with Crippen LogP contribution in [0.25, 0.3) is 0 Å². The van der Waals surface area contributed by atoms with E-state index in [-0.39, 0.29) is 6.10 Å². The first-order chi connectivity index (χ1) is 9.24. The summed E-state index contributed by atoms with van der Waals surface area (Å²) in [5, 5.41) is 0.681. The van der Waals surface area contributed by atoms with Crippen molar-refractivity contribution in [3.63, 3.8) is 0 Å². The third-order valence-corrected chi connectivity index (χ3v) is 3.91. The van der Waals surface area contributed by atoms with Gasteiger partial charge in [-0.1, -0.05) is 43.3 Å². The van der Waals surface area contributed by atoms with E-state index in [2.05, 4.69) is 25.7 Å². The maximum Gasteiger partial charge on any atom is 0.104 e. The minimum absolute atomic E-state index is 0.246. The highest BCUT2D eigenvalue weighted by Gasteiger charge is 2.37. The third kappa shape index (κ3) is 5.13. The third-order valence-electron chi connectivity index (χ3n) is 3.63. The predicted octanol–water partition coefficient (Wildman–Crippen LogP) is 4.36. The fraction of sp³-hybridized carbons (Fsp3) is 0.625. The molecule has 0 bridgehead atoms. The quantitative estimate of drug-likeness (QED) is 0.437. The standard InChI is InChI=1S/C8H11ClO.C8H12O/c1-3-6(9)5-8-7(4-2)10-8;1-2-4-6-8-7(9-8)5-3-1/h3,5,7-8H,1,4H2,2H3;1-2,7-8H,3-6H2. The van der Waals surface area contributed by atoms with Gasteiger partial charge >= 0.3 is 0 Å². The Morgan fingerprint density at radius 2 is 1.89 bits per heavy atom. The van der Waals surface area contributed by atoms with Crippen molar-refractivity contribution >= 4 is 11.6 Å². The molecule has 0 aromatic carbocycles. The molecule has 3 rings (SSSR count). The molecule has 3 aliphatic rings. The van der Waals surface area contributed by atoms with Crippen LogP contribution in [0.2, 0.25) is 0 Å². The van der Waals surface area contributed by atoms with Crippen LogP contribution in [-0.2, 0) is 9.47 Å². The van der Waals surface area contributed by atoms with Gasteiger partial charge in [0.15, 0.2) is 0 Å². The largest absolute Gasteiger partial charge is 0.370 e. The van der Waals surface area contributed by atoms with E-state index >= 15 is 0 Å². The van der Waals surface area contributed by atoms with Crippen molar-refractivity contribution in [2.24, 2.45) is 0 Å². The zero-order valence-corrected chi connectivity index (χ0v) is 12.3. The van der Waals surface area contributed by atoms with Crippen LogP contribution < -0.4 is 0 Å². The van der Waals surface area contributed by atoms with Crippen LogP contribution in [-0.4, -0.2) is 24.4 Å². The van der Waals surface area contributed by atoms with E-state index in [1.165, 1.54) is 25.7 Å². The summed E-state index contributed by atoms with van der Waals surface area (Å²) in [5.74, 6) is 0. The first kappa shape index (κ1) is 14.8. The van der Waals surface area contributed by atoms with Crippen LogP contribution in [0.3, 0.4) is 0 Å². The molecule has 106 valence electrons. The molecule has 2 nitrogen and oxygen atoms in total. The van der Waals surface area contributed by atoms with Gasteiger partial charge in [0.05, 0.1) is 18.3 Å². The van der Waals surface area contributed by atoms with Gasteiger partial charge in [0.2, 0.25) is 0 Å². The summed E-state index contributed by atoms with van der Waals surface area (Å²) >= 11 is 5.69. The van der Waals surface area contributed by atoms with Gasteiger partial charge in [-0.05, 0) is 38.2 Å². The molecule has 0 radical (unpaired) electrons. The fourth-order valence-electron chi connectivity index (χ4n) is 2.30. The Hall–Kier alpha value is -0.570. The van der Waals surface area contributed by atoms with Gasteiger partial charge in [-0.3, -0.25) is 0 Å². The van der Waals surface area contributed by atoms with E-state index in [1.807, 2.05) is 6.08 Å². The highest BCUT2D eigenvalue weighted by Crippen LogP contribution is 2.31. The monoisotopic (exact) mass is 282 g/mol. The summed E-state index contributed by atoms with van der Waals surface area (Å²) in [6.07, 6.45) is 16.0. The van der Waals surface area contributed by atoms with Crippen molar-refractivity contribution in [2.45, 2.75) is 63.4 Å². The molecule has 2 aliphatic heterocycles. The Kier molecular flexibility index (Phi) is 5.68. The second-order valence-corrected chi connectivity index (χ2v) is 5.58. The van der Waals surface area contributed by atoms with Crippen molar-refractivity contribution in [2.75, 3.05) is 0 Å². The van der Waals surface area contributed by atoms with Crippen LogP contribution in [0, 0.1) is 0 Å². The smallest absolute Gasteiger partial charge is 0.104 e. The second kappa shape index (κ2) is 7.28. The summed E-state index contributed by atoms with van der Waals surface area (Å²) in [4.78, 5) is 0. The normalized spacial score (nSPS) is 36.2. The maximum absolute atomic E-state index is 5.69. The van der Waals surface area contributed by atoms with Crippen molar-refractivity contribution in [1.82, 2.24) is 0 Å². The molecule has 0 saturated carbocycles. The lowest BCUT2D eigenvalue weighted by molar-refractivity contribution is 0.359. The highest BCUT2D eigenvalue weighted by molar-refractivity contribution is 6.31. The van der Waals surface area contributed by atoms with Crippen molar-refractivity contribution in [1.29, 1.82) is 0 Å². The van der Waals surface area contributed by atoms with E-state index in [9.17, 15) is 0 Å². The van der Waals surface area contributed by atoms with Crippen molar-refractivity contribution < 1.29 is 9.47 Å². The Labute approximate surface area is 121 Å². The van der Waals surface area contributed by atoms with E-state index in [0.717, 1.165) is 6.42 Å². The molecule has 2 heterocycles. The van der Waals surface area contributed by atoms with Crippen LogP contribution in [0.5, 0.6) is 0 Å². The van der Waals surface area contributed by atoms with Crippen LogP contribution in [0.4, 0.5) is 0 Å². The van der Waals surface area contributed by atoms with Gasteiger partial charge in [-0.25, -0.2) is 0 Å². The fourth-order valence-corrected chi connectivity index (χ4v) is 2.42. The van der Waals surface area contributed by atoms with Gasteiger partial charge in [0.25, 0.3) is 0 Å². The lowest BCUT2D eigenvalue weighted by Gasteiger charge is -1.95. The summed E-state index contributed by atoms with van der Waals surface area (Å²) in [6.45, 7) is 5.63. The molecule has 0 N–H and O–H groups in total. The van der Waals surface area contributed by atoms with E-state index in [4.69, 9.17) is 21.1 Å². The minimum atomic E-state index is 0.246. The van der Waals surface area contributed by atoms with Gasteiger partial charge in [-0.15, -0.1) is 0 Å². The molecule has 2 fully saturated rings. The number of epoxide rings is 2. The number of hydrogen-bond donors (Lipinski definition) is 0. The average molecular weight is 283 g/mol. The molecule has 0 amide bonds. The number of halogens is 1. The van der Waals surface area contributed by atoms with Crippen LogP contribution in [0.15, 0.2) is 35.9 Å². The minimum Gasteiger partial charge on any atom is -0.370 e. The van der Waals surface area contributed by atoms with Gasteiger partial charge in [0, 0.05) is 5.03 Å². The Bertz CT molecular complexity index is 348. The molecule has 19 heavy (non-hydrogen) atoms. The van der Waals surface area contributed by atoms with E-state index < -0.39 is 0 Å². The molecular weight excluding hydrogens is 260 g/mol. The number of allylic oxidation sites excluding steroid dienone is 4. The Morgan fingerprint density at radius 1 is 1.26 bits per heavy atom. The zero-order valence-electron chi connectivity index (χ0n) is 11.6. The molecule has 4 atom stereocenters. The number of rotatable bonds is 3. The topological polar surface area (TPSA) is 25.1 Å². The lowest BCUT2D eigenvalue weighted by Crippen LogP contribution is -1.94. The van der Waals surface area contributed by atoms with Crippen LogP contribution >= 0.6 is 11.6 Å². The number of ether oxygens (including phenoxy) is 2. The first-order valence-corrected chi connectivity index (χ1v) is 7.58. The average Bonchev–Trinajstić information content (AvgIpc) is 3.28. The maximum atomic E-state index is 5.69. The lowest BCUT2D eigenvalue weighted by atomic mass is 10.1. The number of hydrogen-bond acceptors (Lipinski definition) is 2. The van der Waals surface area contributed by atoms with Gasteiger partial charge in [-0.2, -0.15) is 0 Å². The summed E-state index contributed by atoms with van der Waals surface area (Å²) in [5.41, 5.74) is 0.